The van der Waals surface area contributed by atoms with E-state index in [4.69, 9.17) is 9.47 Å². The topological polar surface area (TPSA) is 18.5 Å². The fourth-order valence-corrected chi connectivity index (χ4v) is 4.23. The van der Waals surface area contributed by atoms with Crippen LogP contribution in [-0.4, -0.2) is 13.2 Å². The van der Waals surface area contributed by atoms with E-state index in [0.29, 0.717) is 0 Å². The SMILES string of the molecule is CCCCCOc1ccc(OCCC[C@H]2CC[C@H](CCCCC)CC2)cc1. The number of ether oxygens (including phenoxy) is 2. The molecule has 0 amide bonds. The minimum Gasteiger partial charge on any atom is -0.494 e. The molecule has 0 bridgehead atoms. The van der Waals surface area contributed by atoms with Crippen molar-refractivity contribution in [2.75, 3.05) is 13.2 Å². The molecule has 0 atom stereocenters. The van der Waals surface area contributed by atoms with Crippen LogP contribution >= 0.6 is 0 Å². The highest BCUT2D eigenvalue weighted by molar-refractivity contribution is 5.31. The molecule has 0 heterocycles. The Labute approximate surface area is 168 Å². The molecule has 1 aliphatic rings. The largest absolute Gasteiger partial charge is 0.494 e. The van der Waals surface area contributed by atoms with Crippen molar-refractivity contribution in [2.45, 2.75) is 97.3 Å². The fourth-order valence-electron chi connectivity index (χ4n) is 4.23. The maximum Gasteiger partial charge on any atom is 0.119 e. The van der Waals surface area contributed by atoms with Crippen LogP contribution < -0.4 is 9.47 Å². The van der Waals surface area contributed by atoms with Gasteiger partial charge >= 0.3 is 0 Å². The van der Waals surface area contributed by atoms with Gasteiger partial charge in [0.25, 0.3) is 0 Å². The molecule has 0 radical (unpaired) electrons. The Kier molecular flexibility index (Phi) is 11.4. The van der Waals surface area contributed by atoms with Crippen LogP contribution in [0.25, 0.3) is 0 Å². The molecule has 1 fully saturated rings. The zero-order valence-corrected chi connectivity index (χ0v) is 17.9. The molecule has 2 heteroatoms. The summed E-state index contributed by atoms with van der Waals surface area (Å²) in [5.41, 5.74) is 0. The molecule has 27 heavy (non-hydrogen) atoms. The quantitative estimate of drug-likeness (QED) is 0.309. The third kappa shape index (κ3) is 9.53. The molecule has 154 valence electrons. The van der Waals surface area contributed by atoms with Crippen LogP contribution in [0.1, 0.15) is 97.3 Å². The van der Waals surface area contributed by atoms with Gasteiger partial charge in [-0.2, -0.15) is 0 Å². The lowest BCUT2D eigenvalue weighted by Crippen LogP contribution is -2.15. The maximum absolute atomic E-state index is 5.93. The average Bonchev–Trinajstić information content (AvgIpc) is 2.71. The van der Waals surface area contributed by atoms with Gasteiger partial charge in [0, 0.05) is 0 Å². The molecule has 2 rings (SSSR count). The summed E-state index contributed by atoms with van der Waals surface area (Å²) in [5.74, 6) is 3.88. The van der Waals surface area contributed by atoms with Crippen molar-refractivity contribution in [2.24, 2.45) is 11.8 Å². The Morgan fingerprint density at radius 2 is 1.07 bits per heavy atom. The first-order chi connectivity index (χ1) is 13.3. The molecule has 0 aliphatic heterocycles. The first kappa shape index (κ1) is 22.1. The monoisotopic (exact) mass is 374 g/mol. The molecule has 0 spiro atoms. The van der Waals surface area contributed by atoms with E-state index in [1.165, 1.54) is 77.0 Å². The average molecular weight is 375 g/mol. The van der Waals surface area contributed by atoms with Crippen molar-refractivity contribution in [3.8, 4) is 11.5 Å². The van der Waals surface area contributed by atoms with Crippen LogP contribution in [0, 0.1) is 11.8 Å². The van der Waals surface area contributed by atoms with Gasteiger partial charge in [-0.1, -0.05) is 78.1 Å². The van der Waals surface area contributed by atoms with E-state index in [2.05, 4.69) is 13.8 Å². The highest BCUT2D eigenvalue weighted by Crippen LogP contribution is 2.34. The minimum absolute atomic E-state index is 0.814. The van der Waals surface area contributed by atoms with Gasteiger partial charge in [-0.25, -0.2) is 0 Å². The van der Waals surface area contributed by atoms with Crippen molar-refractivity contribution < 1.29 is 9.47 Å². The molecule has 0 aromatic heterocycles. The van der Waals surface area contributed by atoms with Crippen LogP contribution in [0.4, 0.5) is 0 Å². The highest BCUT2D eigenvalue weighted by atomic mass is 16.5. The van der Waals surface area contributed by atoms with Crippen molar-refractivity contribution in [3.63, 3.8) is 0 Å². The van der Waals surface area contributed by atoms with Crippen LogP contribution in [0.15, 0.2) is 24.3 Å². The van der Waals surface area contributed by atoms with Crippen LogP contribution in [-0.2, 0) is 0 Å². The van der Waals surface area contributed by atoms with E-state index in [0.717, 1.165) is 43.0 Å². The third-order valence-corrected chi connectivity index (χ3v) is 6.05. The Bertz CT molecular complexity index is 460. The lowest BCUT2D eigenvalue weighted by Gasteiger charge is -2.28. The van der Waals surface area contributed by atoms with Crippen LogP contribution in [0.3, 0.4) is 0 Å². The van der Waals surface area contributed by atoms with Crippen molar-refractivity contribution in [1.82, 2.24) is 0 Å². The predicted molar refractivity (Wildman–Crippen MR) is 116 cm³/mol. The summed E-state index contributed by atoms with van der Waals surface area (Å²) in [5, 5.41) is 0. The second-order valence-corrected chi connectivity index (χ2v) is 8.40. The first-order valence-corrected chi connectivity index (χ1v) is 11.7. The Morgan fingerprint density at radius 1 is 0.630 bits per heavy atom. The van der Waals surface area contributed by atoms with Crippen LogP contribution in [0.5, 0.6) is 11.5 Å². The van der Waals surface area contributed by atoms with Crippen molar-refractivity contribution >= 4 is 0 Å². The van der Waals surface area contributed by atoms with Gasteiger partial charge in [-0.3, -0.25) is 0 Å². The smallest absolute Gasteiger partial charge is 0.119 e. The molecule has 0 N–H and O–H groups in total. The lowest BCUT2D eigenvalue weighted by atomic mass is 9.78. The number of hydrogen-bond donors (Lipinski definition) is 0. The van der Waals surface area contributed by atoms with E-state index in [1.54, 1.807) is 0 Å². The van der Waals surface area contributed by atoms with E-state index in [1.807, 2.05) is 24.3 Å². The van der Waals surface area contributed by atoms with E-state index >= 15 is 0 Å². The zero-order valence-electron chi connectivity index (χ0n) is 17.9. The van der Waals surface area contributed by atoms with Crippen LogP contribution in [0.2, 0.25) is 0 Å². The number of unbranched alkanes of at least 4 members (excludes halogenated alkanes) is 4. The van der Waals surface area contributed by atoms with Crippen molar-refractivity contribution in [1.29, 1.82) is 0 Å². The second kappa shape index (κ2) is 13.9. The second-order valence-electron chi connectivity index (χ2n) is 8.40. The molecule has 1 aromatic rings. The van der Waals surface area contributed by atoms with Crippen molar-refractivity contribution in [3.05, 3.63) is 24.3 Å². The molecule has 1 aliphatic carbocycles. The summed E-state index contributed by atoms with van der Waals surface area (Å²) in [7, 11) is 0. The molecule has 0 saturated heterocycles. The summed E-state index contributed by atoms with van der Waals surface area (Å²) in [4.78, 5) is 0. The standard InChI is InChI=1S/C25H42O2/c1-3-5-7-10-22-12-14-23(15-13-22)11-9-21-27-25-18-16-24(17-19-25)26-20-8-6-4-2/h16-19,22-23H,3-15,20-21H2,1-2H3/t22-,23-. The molecule has 1 saturated carbocycles. The van der Waals surface area contributed by atoms with Gasteiger partial charge in [-0.05, 0) is 55.4 Å². The molecular weight excluding hydrogens is 332 g/mol. The lowest BCUT2D eigenvalue weighted by molar-refractivity contribution is 0.228. The summed E-state index contributed by atoms with van der Waals surface area (Å²) in [6, 6.07) is 8.13. The normalized spacial score (nSPS) is 19.8. The maximum atomic E-state index is 5.93. The van der Waals surface area contributed by atoms with E-state index in [9.17, 15) is 0 Å². The van der Waals surface area contributed by atoms with Gasteiger partial charge in [-0.15, -0.1) is 0 Å². The molecule has 1 aromatic carbocycles. The first-order valence-electron chi connectivity index (χ1n) is 11.7. The molecular formula is C25H42O2. The molecule has 2 nitrogen and oxygen atoms in total. The summed E-state index contributed by atoms with van der Waals surface area (Å²) in [6.07, 6.45) is 17.6. The third-order valence-electron chi connectivity index (χ3n) is 6.05. The zero-order chi connectivity index (χ0) is 19.2. The van der Waals surface area contributed by atoms with Gasteiger partial charge in [0.05, 0.1) is 13.2 Å². The number of rotatable bonds is 14. The predicted octanol–water partition coefficient (Wildman–Crippen LogP) is 7.80. The van der Waals surface area contributed by atoms with E-state index in [-0.39, 0.29) is 0 Å². The summed E-state index contributed by atoms with van der Waals surface area (Å²) >= 11 is 0. The van der Waals surface area contributed by atoms with Gasteiger partial charge in [0.2, 0.25) is 0 Å². The highest BCUT2D eigenvalue weighted by Gasteiger charge is 2.20. The Hall–Kier alpha value is -1.18. The van der Waals surface area contributed by atoms with Gasteiger partial charge in [0.15, 0.2) is 0 Å². The number of hydrogen-bond acceptors (Lipinski definition) is 2. The summed E-state index contributed by atoms with van der Waals surface area (Å²) in [6.45, 7) is 6.17. The molecule has 0 unspecified atom stereocenters. The van der Waals surface area contributed by atoms with Gasteiger partial charge in [0.1, 0.15) is 11.5 Å². The minimum atomic E-state index is 0.814. The number of benzene rings is 1. The van der Waals surface area contributed by atoms with Gasteiger partial charge < -0.3 is 9.47 Å². The van der Waals surface area contributed by atoms with E-state index < -0.39 is 0 Å². The Balaban J connectivity index is 1.51. The summed E-state index contributed by atoms with van der Waals surface area (Å²) < 4.78 is 11.7. The fraction of sp³-hybridized carbons (Fsp3) is 0.760. The Morgan fingerprint density at radius 3 is 1.59 bits per heavy atom.